The fourth-order valence-electron chi connectivity index (χ4n) is 5.23. The van der Waals surface area contributed by atoms with Crippen LogP contribution in [-0.2, 0) is 9.59 Å². The van der Waals surface area contributed by atoms with Crippen molar-refractivity contribution in [1.82, 2.24) is 10.2 Å². The largest absolute Gasteiger partial charge is 0.345 e. The van der Waals surface area contributed by atoms with Gasteiger partial charge in [0, 0.05) is 19.0 Å². The van der Waals surface area contributed by atoms with Gasteiger partial charge in [0.05, 0.1) is 12.0 Å². The Labute approximate surface area is 165 Å². The maximum Gasteiger partial charge on any atom is 0.225 e. The summed E-state index contributed by atoms with van der Waals surface area (Å²) in [4.78, 5) is 27.6. The number of fused-ring (bicyclic) bond motifs is 3. The van der Waals surface area contributed by atoms with Crippen molar-refractivity contribution in [3.05, 3.63) is 59.7 Å². The van der Waals surface area contributed by atoms with Gasteiger partial charge in [-0.25, -0.2) is 0 Å². The Morgan fingerprint density at radius 1 is 0.893 bits per heavy atom. The fourth-order valence-corrected chi connectivity index (χ4v) is 5.23. The molecule has 0 aromatic heterocycles. The molecule has 28 heavy (non-hydrogen) atoms. The average Bonchev–Trinajstić information content (AvgIpc) is 3.36. The van der Waals surface area contributed by atoms with E-state index in [-0.39, 0.29) is 23.8 Å². The second kappa shape index (κ2) is 7.08. The number of benzene rings is 2. The number of hydrogen-bond acceptors (Lipinski definition) is 2. The van der Waals surface area contributed by atoms with Crippen LogP contribution in [0.1, 0.15) is 55.7 Å². The molecule has 1 saturated heterocycles. The number of amides is 2. The summed E-state index contributed by atoms with van der Waals surface area (Å²) in [7, 11) is 0. The minimum atomic E-state index is -0.113. The van der Waals surface area contributed by atoms with Crippen LogP contribution in [0.25, 0.3) is 11.1 Å². The van der Waals surface area contributed by atoms with Crippen LogP contribution < -0.4 is 5.32 Å². The summed E-state index contributed by atoms with van der Waals surface area (Å²) in [6.07, 6.45) is 5.71. The van der Waals surface area contributed by atoms with Gasteiger partial charge in [-0.3, -0.25) is 9.59 Å². The predicted molar refractivity (Wildman–Crippen MR) is 109 cm³/mol. The Morgan fingerprint density at radius 3 is 2.14 bits per heavy atom. The van der Waals surface area contributed by atoms with Gasteiger partial charge in [-0.1, -0.05) is 61.4 Å². The van der Waals surface area contributed by atoms with Crippen molar-refractivity contribution in [2.45, 2.75) is 50.6 Å². The number of carbonyl (C=O) groups excluding carboxylic acids is 2. The maximum absolute atomic E-state index is 13.2. The summed E-state index contributed by atoms with van der Waals surface area (Å²) in [6, 6.07) is 16.9. The normalized spacial score (nSPS) is 22.2. The van der Waals surface area contributed by atoms with Crippen molar-refractivity contribution in [3.8, 4) is 11.1 Å². The smallest absolute Gasteiger partial charge is 0.225 e. The van der Waals surface area contributed by atoms with Gasteiger partial charge >= 0.3 is 0 Å². The molecule has 3 aliphatic rings. The number of nitrogens with zero attached hydrogens (tertiary/aromatic N) is 1. The van der Waals surface area contributed by atoms with Crippen LogP contribution in [0.4, 0.5) is 0 Å². The molecule has 4 heteroatoms. The highest BCUT2D eigenvalue weighted by atomic mass is 16.2. The Balaban J connectivity index is 1.36. The van der Waals surface area contributed by atoms with Gasteiger partial charge in [0.15, 0.2) is 0 Å². The molecule has 1 saturated carbocycles. The first-order valence-corrected chi connectivity index (χ1v) is 10.5. The fraction of sp³-hybridized carbons (Fsp3) is 0.417. The number of likely N-dealkylation sites (tertiary alicyclic amines) is 1. The van der Waals surface area contributed by atoms with Crippen molar-refractivity contribution in [2.75, 3.05) is 6.54 Å². The van der Waals surface area contributed by atoms with Gasteiger partial charge < -0.3 is 10.2 Å². The first kappa shape index (κ1) is 17.5. The van der Waals surface area contributed by atoms with E-state index in [2.05, 4.69) is 29.6 Å². The minimum absolute atomic E-state index is 0.0759. The van der Waals surface area contributed by atoms with Crippen molar-refractivity contribution in [1.29, 1.82) is 0 Å². The summed E-state index contributed by atoms with van der Waals surface area (Å²) in [5.41, 5.74) is 4.73. The molecular weight excluding hydrogens is 348 g/mol. The molecule has 4 nitrogen and oxygen atoms in total. The van der Waals surface area contributed by atoms with Crippen LogP contribution in [0.3, 0.4) is 0 Å². The lowest BCUT2D eigenvalue weighted by atomic mass is 9.94. The Morgan fingerprint density at radius 2 is 1.50 bits per heavy atom. The summed E-state index contributed by atoms with van der Waals surface area (Å²) < 4.78 is 0. The predicted octanol–water partition coefficient (Wildman–Crippen LogP) is 4.05. The third-order valence-electron chi connectivity index (χ3n) is 6.70. The van der Waals surface area contributed by atoms with Crippen molar-refractivity contribution >= 4 is 11.8 Å². The highest BCUT2D eigenvalue weighted by molar-refractivity contribution is 5.86. The molecule has 5 rings (SSSR count). The van der Waals surface area contributed by atoms with Gasteiger partial charge in [0.25, 0.3) is 0 Å². The summed E-state index contributed by atoms with van der Waals surface area (Å²) in [5.74, 6) is 0.192. The van der Waals surface area contributed by atoms with Crippen LogP contribution in [0.15, 0.2) is 48.5 Å². The van der Waals surface area contributed by atoms with Crippen LogP contribution in [0.5, 0.6) is 0 Å². The van der Waals surface area contributed by atoms with Gasteiger partial charge in [0.2, 0.25) is 11.8 Å². The standard InChI is InChI=1S/C24H26N2O2/c27-22-14-13-16(15-26(22)17-7-1-2-8-17)24(28)25-23-20-11-5-3-9-18(20)19-10-4-6-12-21(19)23/h3-6,9-12,16-17,23H,1-2,7-8,13-15H2,(H,25,28). The summed E-state index contributed by atoms with van der Waals surface area (Å²) >= 11 is 0. The second-order valence-corrected chi connectivity index (χ2v) is 8.34. The molecule has 144 valence electrons. The van der Waals surface area contributed by atoms with E-state index in [0.29, 0.717) is 25.4 Å². The first-order chi connectivity index (χ1) is 13.7. The molecule has 2 aliphatic carbocycles. The lowest BCUT2D eigenvalue weighted by molar-refractivity contribution is -0.140. The molecule has 0 spiro atoms. The highest BCUT2D eigenvalue weighted by Crippen LogP contribution is 2.43. The number of rotatable bonds is 3. The van der Waals surface area contributed by atoms with Crippen LogP contribution in [0, 0.1) is 5.92 Å². The van der Waals surface area contributed by atoms with E-state index in [4.69, 9.17) is 0 Å². The van der Waals surface area contributed by atoms with Crippen LogP contribution in [0.2, 0.25) is 0 Å². The second-order valence-electron chi connectivity index (χ2n) is 8.34. The first-order valence-electron chi connectivity index (χ1n) is 10.5. The van der Waals surface area contributed by atoms with Crippen molar-refractivity contribution in [3.63, 3.8) is 0 Å². The molecule has 0 bridgehead atoms. The quantitative estimate of drug-likeness (QED) is 0.881. The molecule has 2 aromatic rings. The van der Waals surface area contributed by atoms with Gasteiger partial charge in [-0.05, 0) is 41.5 Å². The zero-order chi connectivity index (χ0) is 19.1. The molecule has 2 aromatic carbocycles. The Kier molecular flexibility index (Phi) is 4.42. The molecule has 1 N–H and O–H groups in total. The molecule has 1 unspecified atom stereocenters. The lowest BCUT2D eigenvalue weighted by Gasteiger charge is -2.36. The number of piperidine rings is 1. The number of hydrogen-bond donors (Lipinski definition) is 1. The molecule has 0 radical (unpaired) electrons. The average molecular weight is 374 g/mol. The molecule has 2 fully saturated rings. The molecule has 2 amide bonds. The SMILES string of the molecule is O=C(NC1c2ccccc2-c2ccccc21)C1CCC(=O)N(C2CCCC2)C1. The Bertz CT molecular complexity index is 871. The monoisotopic (exact) mass is 374 g/mol. The van der Waals surface area contributed by atoms with Crippen molar-refractivity contribution in [2.24, 2.45) is 5.92 Å². The summed E-state index contributed by atoms with van der Waals surface area (Å²) in [6.45, 7) is 0.575. The van der Waals surface area contributed by atoms with Crippen LogP contribution >= 0.6 is 0 Å². The molecule has 1 aliphatic heterocycles. The zero-order valence-electron chi connectivity index (χ0n) is 16.1. The van der Waals surface area contributed by atoms with Gasteiger partial charge in [0.1, 0.15) is 0 Å². The van der Waals surface area contributed by atoms with Crippen molar-refractivity contribution < 1.29 is 9.59 Å². The molecular formula is C24H26N2O2. The lowest BCUT2D eigenvalue weighted by Crippen LogP contribution is -2.49. The van der Waals surface area contributed by atoms with E-state index < -0.39 is 0 Å². The van der Waals surface area contributed by atoms with E-state index in [9.17, 15) is 9.59 Å². The van der Waals surface area contributed by atoms with Gasteiger partial charge in [-0.15, -0.1) is 0 Å². The van der Waals surface area contributed by atoms with E-state index in [1.165, 1.54) is 24.0 Å². The zero-order valence-corrected chi connectivity index (χ0v) is 16.1. The van der Waals surface area contributed by atoms with Gasteiger partial charge in [-0.2, -0.15) is 0 Å². The molecule has 1 heterocycles. The van der Waals surface area contributed by atoms with E-state index >= 15 is 0 Å². The Hall–Kier alpha value is -2.62. The third-order valence-corrected chi connectivity index (χ3v) is 6.70. The van der Waals surface area contributed by atoms with Crippen LogP contribution in [-0.4, -0.2) is 29.3 Å². The number of carbonyl (C=O) groups is 2. The molecule has 1 atom stereocenters. The van der Waals surface area contributed by atoms with E-state index in [1.807, 2.05) is 29.2 Å². The maximum atomic E-state index is 13.2. The highest BCUT2D eigenvalue weighted by Gasteiger charge is 2.37. The van der Waals surface area contributed by atoms with E-state index in [1.54, 1.807) is 0 Å². The van der Waals surface area contributed by atoms with E-state index in [0.717, 1.165) is 24.0 Å². The number of nitrogens with one attached hydrogen (secondary N) is 1. The summed E-state index contributed by atoms with van der Waals surface area (Å²) in [5, 5.41) is 3.31. The third kappa shape index (κ3) is 2.92. The topological polar surface area (TPSA) is 49.4 Å². The minimum Gasteiger partial charge on any atom is -0.345 e.